The Morgan fingerprint density at radius 2 is 2.00 bits per heavy atom. The van der Waals surface area contributed by atoms with Gasteiger partial charge in [-0.25, -0.2) is 0 Å². The van der Waals surface area contributed by atoms with Gasteiger partial charge in [-0.2, -0.15) is 0 Å². The van der Waals surface area contributed by atoms with Gasteiger partial charge in [0.2, 0.25) is 0 Å². The molecule has 2 nitrogen and oxygen atoms in total. The molecular weight excluding hydrogens is 272 g/mol. The molecule has 0 N–H and O–H groups in total. The van der Waals surface area contributed by atoms with Gasteiger partial charge in [-0.05, 0) is 81.5 Å². The standard InChI is InChI=1S/C20H28O2/c1-13-10-19-9-6-15-18(2)7-3-8-20(15,12-22-17(18)21)16(19)5-4-14(13)11-19/h14-16H,1,3-12H2,2H3. The van der Waals surface area contributed by atoms with E-state index in [0.717, 1.165) is 24.9 Å². The van der Waals surface area contributed by atoms with Crippen molar-refractivity contribution >= 4 is 5.97 Å². The molecule has 1 heterocycles. The Hall–Kier alpha value is -0.790. The maximum absolute atomic E-state index is 12.5. The van der Waals surface area contributed by atoms with Crippen molar-refractivity contribution in [3.63, 3.8) is 0 Å². The first kappa shape index (κ1) is 13.6. The number of carbonyl (C=O) groups excluding carboxylic acids is 1. The number of rotatable bonds is 0. The Morgan fingerprint density at radius 3 is 2.86 bits per heavy atom. The molecule has 0 aromatic carbocycles. The highest BCUT2D eigenvalue weighted by molar-refractivity contribution is 5.78. The van der Waals surface area contributed by atoms with Gasteiger partial charge >= 0.3 is 5.97 Å². The van der Waals surface area contributed by atoms with E-state index < -0.39 is 0 Å². The molecule has 0 amide bonds. The zero-order valence-electron chi connectivity index (χ0n) is 13.8. The molecule has 0 aromatic rings. The lowest BCUT2D eigenvalue weighted by Crippen LogP contribution is -2.64. The fourth-order valence-electron chi connectivity index (χ4n) is 7.92. The molecule has 0 aromatic heterocycles. The number of cyclic esters (lactones) is 1. The van der Waals surface area contributed by atoms with Gasteiger partial charge in [0.25, 0.3) is 0 Å². The molecule has 5 aliphatic rings. The SMILES string of the molecule is C=C1CC23CCC4C5(C)CCCC4(COC5=O)C2CCC1C3. The summed E-state index contributed by atoms with van der Waals surface area (Å²) in [6.45, 7) is 7.34. The largest absolute Gasteiger partial charge is 0.465 e. The van der Waals surface area contributed by atoms with E-state index in [9.17, 15) is 4.79 Å². The number of hydrogen-bond acceptors (Lipinski definition) is 2. The molecule has 2 heteroatoms. The summed E-state index contributed by atoms with van der Waals surface area (Å²) in [7, 11) is 0. The second-order valence-corrected chi connectivity index (χ2v) is 9.40. The molecule has 1 aliphatic heterocycles. The normalized spacial score (nSPS) is 56.1. The monoisotopic (exact) mass is 300 g/mol. The van der Waals surface area contributed by atoms with Gasteiger partial charge in [-0.15, -0.1) is 0 Å². The van der Waals surface area contributed by atoms with Crippen LogP contribution in [0.25, 0.3) is 0 Å². The van der Waals surface area contributed by atoms with Gasteiger partial charge < -0.3 is 4.74 Å². The Balaban J connectivity index is 1.61. The van der Waals surface area contributed by atoms with Crippen LogP contribution in [0.15, 0.2) is 12.2 Å². The van der Waals surface area contributed by atoms with Crippen molar-refractivity contribution in [2.45, 2.75) is 64.7 Å². The molecule has 0 radical (unpaired) electrons. The number of fused-ring (bicyclic) bond motifs is 1. The predicted octanol–water partition coefficient (Wildman–Crippen LogP) is 4.49. The third kappa shape index (κ3) is 1.37. The topological polar surface area (TPSA) is 26.3 Å². The third-order valence-corrected chi connectivity index (χ3v) is 8.72. The van der Waals surface area contributed by atoms with Crippen molar-refractivity contribution in [2.24, 2.45) is 34.0 Å². The molecule has 1 spiro atoms. The highest BCUT2D eigenvalue weighted by Crippen LogP contribution is 2.73. The molecule has 5 rings (SSSR count). The van der Waals surface area contributed by atoms with Gasteiger partial charge in [-0.3, -0.25) is 4.79 Å². The summed E-state index contributed by atoms with van der Waals surface area (Å²) in [5.74, 6) is 2.26. The summed E-state index contributed by atoms with van der Waals surface area (Å²) >= 11 is 0. The first-order valence-corrected chi connectivity index (χ1v) is 9.35. The van der Waals surface area contributed by atoms with Crippen LogP contribution >= 0.6 is 0 Å². The van der Waals surface area contributed by atoms with E-state index in [-0.39, 0.29) is 11.4 Å². The van der Waals surface area contributed by atoms with Crippen molar-refractivity contribution in [3.05, 3.63) is 12.2 Å². The van der Waals surface area contributed by atoms with Crippen LogP contribution < -0.4 is 0 Å². The van der Waals surface area contributed by atoms with Crippen LogP contribution in [0.2, 0.25) is 0 Å². The van der Waals surface area contributed by atoms with Gasteiger partial charge in [0.15, 0.2) is 0 Å². The third-order valence-electron chi connectivity index (χ3n) is 8.72. The summed E-state index contributed by atoms with van der Waals surface area (Å²) < 4.78 is 5.83. The Kier molecular flexibility index (Phi) is 2.47. The number of esters is 1. The van der Waals surface area contributed by atoms with Crippen LogP contribution in [-0.2, 0) is 9.53 Å². The second kappa shape index (κ2) is 3.99. The van der Waals surface area contributed by atoms with E-state index in [1.165, 1.54) is 56.9 Å². The molecule has 6 atom stereocenters. The van der Waals surface area contributed by atoms with E-state index in [1.807, 2.05) is 0 Å². The van der Waals surface area contributed by atoms with E-state index >= 15 is 0 Å². The van der Waals surface area contributed by atoms with Crippen molar-refractivity contribution in [1.82, 2.24) is 0 Å². The van der Waals surface area contributed by atoms with Crippen molar-refractivity contribution in [2.75, 3.05) is 6.61 Å². The maximum atomic E-state index is 12.5. The Labute approximate surface area is 133 Å². The van der Waals surface area contributed by atoms with Crippen LogP contribution in [0.1, 0.15) is 64.7 Å². The highest BCUT2D eigenvalue weighted by Gasteiger charge is 2.69. The summed E-state index contributed by atoms with van der Waals surface area (Å²) in [5, 5.41) is 0. The second-order valence-electron chi connectivity index (χ2n) is 9.40. The lowest BCUT2D eigenvalue weighted by Gasteiger charge is -2.66. The van der Waals surface area contributed by atoms with E-state index in [1.54, 1.807) is 0 Å². The van der Waals surface area contributed by atoms with E-state index in [0.29, 0.717) is 16.7 Å². The first-order valence-electron chi connectivity index (χ1n) is 9.35. The number of hydrogen-bond donors (Lipinski definition) is 0. The molecule has 4 bridgehead atoms. The molecule has 1 saturated heterocycles. The quantitative estimate of drug-likeness (QED) is 0.486. The molecule has 6 unspecified atom stereocenters. The fourth-order valence-corrected chi connectivity index (χ4v) is 7.92. The minimum atomic E-state index is -0.190. The van der Waals surface area contributed by atoms with Crippen LogP contribution in [0.4, 0.5) is 0 Å². The summed E-state index contributed by atoms with van der Waals surface area (Å²) in [4.78, 5) is 12.5. The van der Waals surface area contributed by atoms with Crippen molar-refractivity contribution in [3.8, 4) is 0 Å². The van der Waals surface area contributed by atoms with E-state index in [4.69, 9.17) is 4.74 Å². The summed E-state index contributed by atoms with van der Waals surface area (Å²) in [6, 6.07) is 0. The van der Waals surface area contributed by atoms with Crippen LogP contribution in [0.3, 0.4) is 0 Å². The maximum Gasteiger partial charge on any atom is 0.312 e. The average molecular weight is 300 g/mol. The average Bonchev–Trinajstić information content (AvgIpc) is 2.73. The molecule has 4 aliphatic carbocycles. The molecule has 5 fully saturated rings. The lowest BCUT2D eigenvalue weighted by atomic mass is 9.40. The van der Waals surface area contributed by atoms with Crippen molar-refractivity contribution < 1.29 is 9.53 Å². The van der Waals surface area contributed by atoms with Gasteiger partial charge in [0.1, 0.15) is 0 Å². The summed E-state index contributed by atoms with van der Waals surface area (Å²) in [5.41, 5.74) is 2.15. The lowest BCUT2D eigenvalue weighted by molar-refractivity contribution is -0.232. The smallest absolute Gasteiger partial charge is 0.312 e. The zero-order valence-corrected chi connectivity index (χ0v) is 13.8. The molecular formula is C20H28O2. The summed E-state index contributed by atoms with van der Waals surface area (Å²) in [6.07, 6.45) is 11.5. The molecule has 4 saturated carbocycles. The highest BCUT2D eigenvalue weighted by atomic mass is 16.5. The number of allylic oxidation sites excluding steroid dienone is 1. The Bertz CT molecular complexity index is 566. The number of carbonyl (C=O) groups is 1. The van der Waals surface area contributed by atoms with Crippen LogP contribution in [-0.4, -0.2) is 12.6 Å². The molecule has 22 heavy (non-hydrogen) atoms. The molecule has 120 valence electrons. The van der Waals surface area contributed by atoms with Gasteiger partial charge in [0, 0.05) is 5.41 Å². The minimum Gasteiger partial charge on any atom is -0.465 e. The minimum absolute atomic E-state index is 0.105. The zero-order chi connectivity index (χ0) is 15.2. The van der Waals surface area contributed by atoms with E-state index in [2.05, 4.69) is 13.5 Å². The first-order chi connectivity index (χ1) is 10.5. The van der Waals surface area contributed by atoms with Crippen molar-refractivity contribution in [1.29, 1.82) is 0 Å². The van der Waals surface area contributed by atoms with Gasteiger partial charge in [0.05, 0.1) is 12.0 Å². The van der Waals surface area contributed by atoms with Crippen LogP contribution in [0.5, 0.6) is 0 Å². The van der Waals surface area contributed by atoms with Crippen LogP contribution in [0, 0.1) is 34.0 Å². The van der Waals surface area contributed by atoms with Gasteiger partial charge in [-0.1, -0.05) is 18.6 Å². The fraction of sp³-hybridized carbons (Fsp3) is 0.850. The predicted molar refractivity (Wildman–Crippen MR) is 85.1 cm³/mol. The number of ether oxygens (including phenoxy) is 1. The Morgan fingerprint density at radius 1 is 1.14 bits per heavy atom.